The van der Waals surface area contributed by atoms with E-state index in [4.69, 9.17) is 9.05 Å². The Balaban J connectivity index is 4.39. The van der Waals surface area contributed by atoms with E-state index in [1.54, 1.807) is 6.92 Å². The lowest BCUT2D eigenvalue weighted by atomic mass is 10.5. The Morgan fingerprint density at radius 1 is 1.36 bits per heavy atom. The summed E-state index contributed by atoms with van der Waals surface area (Å²) >= 11 is 0. The van der Waals surface area contributed by atoms with E-state index >= 15 is 0 Å². The van der Waals surface area contributed by atoms with E-state index in [0.717, 1.165) is 0 Å². The van der Waals surface area contributed by atoms with Crippen LogP contribution in [0.2, 0.25) is 0 Å². The lowest BCUT2D eigenvalue weighted by Gasteiger charge is -2.21. The van der Waals surface area contributed by atoms with Gasteiger partial charge in [-0.25, -0.2) is 0 Å². The molecular weight excluding hydrogens is 203 g/mol. The van der Waals surface area contributed by atoms with Gasteiger partial charge in [-0.1, -0.05) is 19.1 Å². The number of aliphatic hydroxyl groups is 1. The van der Waals surface area contributed by atoms with Crippen molar-refractivity contribution in [3.8, 4) is 0 Å². The van der Waals surface area contributed by atoms with Crippen molar-refractivity contribution in [2.45, 2.75) is 19.2 Å². The Bertz CT molecular complexity index is 211. The molecule has 0 aromatic rings. The zero-order chi connectivity index (χ0) is 11.0. The van der Waals surface area contributed by atoms with E-state index in [2.05, 4.69) is 13.2 Å². The van der Waals surface area contributed by atoms with Gasteiger partial charge in [0.15, 0.2) is 5.85 Å². The van der Waals surface area contributed by atoms with Crippen LogP contribution in [-0.2, 0) is 13.6 Å². The first-order valence-electron chi connectivity index (χ1n) is 4.39. The van der Waals surface area contributed by atoms with E-state index in [1.807, 2.05) is 0 Å². The summed E-state index contributed by atoms with van der Waals surface area (Å²) in [5.41, 5.74) is 0. The van der Waals surface area contributed by atoms with E-state index in [0.29, 0.717) is 6.42 Å². The minimum absolute atomic E-state index is 0.0888. The third-order valence-corrected chi connectivity index (χ3v) is 3.59. The first-order valence-corrected chi connectivity index (χ1v) is 6.00. The minimum Gasteiger partial charge on any atom is -0.380 e. The number of hydrogen-bond donors (Lipinski definition) is 1. The van der Waals surface area contributed by atoms with Crippen molar-refractivity contribution >= 4 is 7.60 Å². The average molecular weight is 220 g/mol. The highest BCUT2D eigenvalue weighted by molar-refractivity contribution is 7.54. The fraction of sp³-hybridized carbons (Fsp3) is 0.556. The molecule has 0 aliphatic rings. The predicted molar refractivity (Wildman–Crippen MR) is 56.2 cm³/mol. The van der Waals surface area contributed by atoms with Gasteiger partial charge in [-0.2, -0.15) is 0 Å². The lowest BCUT2D eigenvalue weighted by Crippen LogP contribution is -2.11. The highest BCUT2D eigenvalue weighted by Crippen LogP contribution is 2.53. The van der Waals surface area contributed by atoms with Crippen molar-refractivity contribution < 1.29 is 18.7 Å². The van der Waals surface area contributed by atoms with Crippen molar-refractivity contribution in [3.63, 3.8) is 0 Å². The summed E-state index contributed by atoms with van der Waals surface area (Å²) < 4.78 is 21.8. The van der Waals surface area contributed by atoms with Gasteiger partial charge in [-0.15, -0.1) is 13.2 Å². The van der Waals surface area contributed by atoms with E-state index in [-0.39, 0.29) is 13.2 Å². The summed E-state index contributed by atoms with van der Waals surface area (Å²) in [4.78, 5) is 0. The molecule has 0 radical (unpaired) electrons. The molecule has 0 aliphatic carbocycles. The first-order chi connectivity index (χ1) is 6.60. The van der Waals surface area contributed by atoms with Crippen molar-refractivity contribution in [2.75, 3.05) is 13.2 Å². The smallest absolute Gasteiger partial charge is 0.359 e. The lowest BCUT2D eigenvalue weighted by molar-refractivity contribution is 0.155. The van der Waals surface area contributed by atoms with Crippen molar-refractivity contribution in [2.24, 2.45) is 0 Å². The van der Waals surface area contributed by atoms with E-state index in [9.17, 15) is 9.67 Å². The first kappa shape index (κ1) is 13.6. The third-order valence-electron chi connectivity index (χ3n) is 1.47. The Labute approximate surface area is 84.8 Å². The molecule has 1 N–H and O–H groups in total. The number of rotatable bonds is 8. The van der Waals surface area contributed by atoms with E-state index in [1.165, 1.54) is 12.2 Å². The second kappa shape index (κ2) is 6.96. The Morgan fingerprint density at radius 3 is 2.07 bits per heavy atom. The van der Waals surface area contributed by atoms with E-state index < -0.39 is 13.4 Å². The molecule has 0 spiro atoms. The van der Waals surface area contributed by atoms with Gasteiger partial charge in [0, 0.05) is 0 Å². The maximum Gasteiger partial charge on any atom is 0.359 e. The normalized spacial score (nSPS) is 13.6. The quantitative estimate of drug-likeness (QED) is 0.503. The molecule has 1 unspecified atom stereocenters. The highest BCUT2D eigenvalue weighted by Gasteiger charge is 2.32. The monoisotopic (exact) mass is 220 g/mol. The molecule has 14 heavy (non-hydrogen) atoms. The second-order valence-corrected chi connectivity index (χ2v) is 4.79. The summed E-state index contributed by atoms with van der Waals surface area (Å²) in [6.45, 7) is 8.73. The minimum atomic E-state index is -3.43. The summed E-state index contributed by atoms with van der Waals surface area (Å²) in [6, 6.07) is 0. The molecule has 0 aliphatic heterocycles. The topological polar surface area (TPSA) is 55.8 Å². The molecule has 0 saturated carbocycles. The number of hydrogen-bond acceptors (Lipinski definition) is 4. The van der Waals surface area contributed by atoms with Crippen LogP contribution in [0.15, 0.2) is 25.3 Å². The largest absolute Gasteiger partial charge is 0.380 e. The predicted octanol–water partition coefficient (Wildman–Crippen LogP) is 2.31. The summed E-state index contributed by atoms with van der Waals surface area (Å²) in [5.74, 6) is -1.10. The van der Waals surface area contributed by atoms with Crippen LogP contribution in [0.3, 0.4) is 0 Å². The standard InChI is InChI=1S/C9H17O4P/c1-4-7-12-14(11,9(10)6-3)13-8-5-2/h4-5,9-10H,1-2,6-8H2,3H3. The SMILES string of the molecule is C=CCOP(=O)(OCC=C)C(O)CC. The Hall–Kier alpha value is -0.410. The van der Waals surface area contributed by atoms with Gasteiger partial charge in [-0.3, -0.25) is 4.57 Å². The Morgan fingerprint density at radius 2 is 1.79 bits per heavy atom. The molecule has 1 atom stereocenters. The zero-order valence-corrected chi connectivity index (χ0v) is 9.28. The van der Waals surface area contributed by atoms with Crippen LogP contribution in [0.5, 0.6) is 0 Å². The molecule has 0 fully saturated rings. The van der Waals surface area contributed by atoms with Gasteiger partial charge in [0.1, 0.15) is 0 Å². The molecule has 4 nitrogen and oxygen atoms in total. The van der Waals surface area contributed by atoms with Crippen LogP contribution < -0.4 is 0 Å². The summed E-state index contributed by atoms with van der Waals surface area (Å²) in [7, 11) is -3.43. The molecule has 0 aromatic heterocycles. The highest BCUT2D eigenvalue weighted by atomic mass is 31.2. The van der Waals surface area contributed by atoms with Crippen molar-refractivity contribution in [3.05, 3.63) is 25.3 Å². The van der Waals surface area contributed by atoms with Crippen LogP contribution >= 0.6 is 7.60 Å². The maximum absolute atomic E-state index is 11.9. The molecule has 0 aromatic carbocycles. The van der Waals surface area contributed by atoms with Crippen molar-refractivity contribution in [1.82, 2.24) is 0 Å². The fourth-order valence-corrected chi connectivity index (χ4v) is 2.24. The second-order valence-electron chi connectivity index (χ2n) is 2.60. The average Bonchev–Trinajstić information content (AvgIpc) is 2.22. The van der Waals surface area contributed by atoms with Crippen molar-refractivity contribution in [1.29, 1.82) is 0 Å². The molecular formula is C9H17O4P. The fourth-order valence-electron chi connectivity index (χ4n) is 0.746. The van der Waals surface area contributed by atoms with Crippen LogP contribution in [0.1, 0.15) is 13.3 Å². The summed E-state index contributed by atoms with van der Waals surface area (Å²) in [5, 5.41) is 9.45. The van der Waals surface area contributed by atoms with Gasteiger partial charge in [0.25, 0.3) is 0 Å². The van der Waals surface area contributed by atoms with Crippen LogP contribution in [0.4, 0.5) is 0 Å². The third kappa shape index (κ3) is 4.20. The van der Waals surface area contributed by atoms with Gasteiger partial charge in [0.05, 0.1) is 13.2 Å². The summed E-state index contributed by atoms with van der Waals surface area (Å²) in [6.07, 6.45) is 3.21. The molecule has 0 amide bonds. The molecule has 82 valence electrons. The van der Waals surface area contributed by atoms with Crippen LogP contribution in [0.25, 0.3) is 0 Å². The van der Waals surface area contributed by atoms with Gasteiger partial charge < -0.3 is 14.2 Å². The van der Waals surface area contributed by atoms with Crippen LogP contribution in [-0.4, -0.2) is 24.2 Å². The zero-order valence-electron chi connectivity index (χ0n) is 8.39. The molecule has 0 saturated heterocycles. The van der Waals surface area contributed by atoms with Gasteiger partial charge in [0.2, 0.25) is 0 Å². The van der Waals surface area contributed by atoms with Crippen LogP contribution in [0, 0.1) is 0 Å². The van der Waals surface area contributed by atoms with Gasteiger partial charge in [-0.05, 0) is 6.42 Å². The van der Waals surface area contributed by atoms with Gasteiger partial charge >= 0.3 is 7.60 Å². The molecule has 0 bridgehead atoms. The molecule has 5 heteroatoms. The number of aliphatic hydroxyl groups excluding tert-OH is 1. The molecule has 0 heterocycles. The Kier molecular flexibility index (Phi) is 6.75. The maximum atomic E-state index is 11.9. The molecule has 0 rings (SSSR count).